The molecule has 5 heteroatoms. The van der Waals surface area contributed by atoms with E-state index in [2.05, 4.69) is 21.7 Å². The second kappa shape index (κ2) is 6.57. The van der Waals surface area contributed by atoms with Crippen molar-refractivity contribution in [2.24, 2.45) is 11.7 Å². The predicted molar refractivity (Wildman–Crippen MR) is 75.7 cm³/mol. The summed E-state index contributed by atoms with van der Waals surface area (Å²) in [6.07, 6.45) is 6.71. The van der Waals surface area contributed by atoms with Crippen LogP contribution >= 0.6 is 11.8 Å². The maximum Gasteiger partial charge on any atom is 0.191 e. The fourth-order valence-electron chi connectivity index (χ4n) is 2.64. The van der Waals surface area contributed by atoms with E-state index in [1.165, 1.54) is 32.1 Å². The fourth-order valence-corrected chi connectivity index (χ4v) is 3.89. The van der Waals surface area contributed by atoms with Gasteiger partial charge in [-0.1, -0.05) is 25.1 Å². The number of hydrogen-bond acceptors (Lipinski definition) is 4. The summed E-state index contributed by atoms with van der Waals surface area (Å²) >= 11 is 1.90. The molecule has 0 atom stereocenters. The van der Waals surface area contributed by atoms with Gasteiger partial charge in [-0.3, -0.25) is 0 Å². The Labute approximate surface area is 114 Å². The highest BCUT2D eigenvalue weighted by atomic mass is 32.2. The van der Waals surface area contributed by atoms with Gasteiger partial charge in [0.1, 0.15) is 5.82 Å². The lowest BCUT2D eigenvalue weighted by atomic mass is 9.87. The van der Waals surface area contributed by atoms with Crippen LogP contribution in [0, 0.1) is 12.8 Å². The summed E-state index contributed by atoms with van der Waals surface area (Å²) in [4.78, 5) is 0. The summed E-state index contributed by atoms with van der Waals surface area (Å²) in [6.45, 7) is 5.78. The second-order valence-electron chi connectivity index (χ2n) is 5.14. The van der Waals surface area contributed by atoms with Gasteiger partial charge in [0.25, 0.3) is 0 Å². The first kappa shape index (κ1) is 13.9. The summed E-state index contributed by atoms with van der Waals surface area (Å²) in [5.41, 5.74) is 5.64. The molecular weight excluding hydrogens is 244 g/mol. The third-order valence-electron chi connectivity index (χ3n) is 3.90. The maximum absolute atomic E-state index is 5.64. The van der Waals surface area contributed by atoms with Crippen LogP contribution in [0.4, 0.5) is 0 Å². The van der Waals surface area contributed by atoms with Crippen molar-refractivity contribution in [3.63, 3.8) is 0 Å². The smallest absolute Gasteiger partial charge is 0.191 e. The van der Waals surface area contributed by atoms with Crippen molar-refractivity contribution >= 4 is 11.8 Å². The Morgan fingerprint density at radius 1 is 1.28 bits per heavy atom. The van der Waals surface area contributed by atoms with E-state index >= 15 is 0 Å². The molecule has 0 saturated heterocycles. The van der Waals surface area contributed by atoms with Gasteiger partial charge < -0.3 is 10.3 Å². The standard InChI is InChI=1S/C13H24N4S/c1-3-11-4-6-12(7-5-11)18-13-16-15-10(2)17(13)9-8-14/h11-12H,3-9,14H2,1-2H3. The lowest BCUT2D eigenvalue weighted by Gasteiger charge is -2.26. The highest BCUT2D eigenvalue weighted by Gasteiger charge is 2.22. The molecule has 2 rings (SSSR count). The monoisotopic (exact) mass is 268 g/mol. The zero-order valence-corrected chi connectivity index (χ0v) is 12.2. The fraction of sp³-hybridized carbons (Fsp3) is 0.846. The minimum Gasteiger partial charge on any atom is -0.329 e. The van der Waals surface area contributed by atoms with E-state index in [1.54, 1.807) is 0 Å². The lowest BCUT2D eigenvalue weighted by Crippen LogP contribution is -2.17. The second-order valence-corrected chi connectivity index (χ2v) is 6.41. The van der Waals surface area contributed by atoms with Crippen molar-refractivity contribution in [2.75, 3.05) is 6.54 Å². The third-order valence-corrected chi connectivity index (χ3v) is 5.22. The molecule has 1 aliphatic carbocycles. The van der Waals surface area contributed by atoms with Gasteiger partial charge in [-0.05, 0) is 38.5 Å². The molecular formula is C13H24N4S. The Morgan fingerprint density at radius 2 is 2.00 bits per heavy atom. The molecule has 102 valence electrons. The minimum absolute atomic E-state index is 0.648. The normalized spacial score (nSPS) is 24.4. The van der Waals surface area contributed by atoms with Crippen LogP contribution in [0.5, 0.6) is 0 Å². The van der Waals surface area contributed by atoms with Gasteiger partial charge in [0, 0.05) is 18.3 Å². The maximum atomic E-state index is 5.64. The minimum atomic E-state index is 0.648. The van der Waals surface area contributed by atoms with Crippen LogP contribution in [0.2, 0.25) is 0 Å². The molecule has 0 spiro atoms. The average molecular weight is 268 g/mol. The van der Waals surface area contributed by atoms with E-state index in [1.807, 2.05) is 18.7 Å². The van der Waals surface area contributed by atoms with E-state index in [0.717, 1.165) is 23.4 Å². The quantitative estimate of drug-likeness (QED) is 0.892. The van der Waals surface area contributed by atoms with E-state index < -0.39 is 0 Å². The van der Waals surface area contributed by atoms with E-state index in [9.17, 15) is 0 Å². The van der Waals surface area contributed by atoms with Crippen LogP contribution in [0.25, 0.3) is 0 Å². The lowest BCUT2D eigenvalue weighted by molar-refractivity contribution is 0.356. The molecule has 0 aromatic carbocycles. The zero-order valence-electron chi connectivity index (χ0n) is 11.4. The molecule has 1 fully saturated rings. The Kier molecular flexibility index (Phi) is 5.06. The van der Waals surface area contributed by atoms with Crippen molar-refractivity contribution in [1.29, 1.82) is 0 Å². The number of rotatable bonds is 5. The van der Waals surface area contributed by atoms with E-state index in [0.29, 0.717) is 11.8 Å². The highest BCUT2D eigenvalue weighted by molar-refractivity contribution is 7.99. The van der Waals surface area contributed by atoms with Crippen molar-refractivity contribution in [3.05, 3.63) is 5.82 Å². The highest BCUT2D eigenvalue weighted by Crippen LogP contribution is 2.36. The van der Waals surface area contributed by atoms with Crippen LogP contribution in [0.1, 0.15) is 44.9 Å². The average Bonchev–Trinajstić information content (AvgIpc) is 2.73. The molecule has 0 amide bonds. The number of nitrogens with two attached hydrogens (primary N) is 1. The van der Waals surface area contributed by atoms with Crippen molar-refractivity contribution in [3.8, 4) is 0 Å². The summed E-state index contributed by atoms with van der Waals surface area (Å²) in [5, 5.41) is 10.2. The molecule has 1 aliphatic rings. The van der Waals surface area contributed by atoms with E-state index in [4.69, 9.17) is 5.73 Å². The summed E-state index contributed by atoms with van der Waals surface area (Å²) in [7, 11) is 0. The molecule has 0 radical (unpaired) electrons. The summed E-state index contributed by atoms with van der Waals surface area (Å²) in [6, 6.07) is 0. The Balaban J connectivity index is 1.93. The molecule has 4 nitrogen and oxygen atoms in total. The number of hydrogen-bond donors (Lipinski definition) is 1. The molecule has 18 heavy (non-hydrogen) atoms. The summed E-state index contributed by atoms with van der Waals surface area (Å²) < 4.78 is 2.15. The van der Waals surface area contributed by atoms with Crippen LogP contribution in [-0.4, -0.2) is 26.6 Å². The molecule has 1 aromatic rings. The molecule has 1 aromatic heterocycles. The molecule has 0 bridgehead atoms. The van der Waals surface area contributed by atoms with Crippen molar-refractivity contribution in [1.82, 2.24) is 14.8 Å². The van der Waals surface area contributed by atoms with E-state index in [-0.39, 0.29) is 0 Å². The Bertz CT molecular complexity index is 369. The molecule has 0 unspecified atom stereocenters. The molecule has 1 saturated carbocycles. The first-order valence-electron chi connectivity index (χ1n) is 7.01. The van der Waals surface area contributed by atoms with Gasteiger partial charge in [-0.25, -0.2) is 0 Å². The zero-order chi connectivity index (χ0) is 13.0. The van der Waals surface area contributed by atoms with Crippen LogP contribution in [0.15, 0.2) is 5.16 Å². The number of aromatic nitrogens is 3. The molecule has 2 N–H and O–H groups in total. The number of aryl methyl sites for hydroxylation is 1. The van der Waals surface area contributed by atoms with Crippen molar-refractivity contribution < 1.29 is 0 Å². The van der Waals surface area contributed by atoms with Gasteiger partial charge in [-0.2, -0.15) is 0 Å². The van der Waals surface area contributed by atoms with Gasteiger partial charge in [-0.15, -0.1) is 10.2 Å². The molecule has 0 aliphatic heterocycles. The van der Waals surface area contributed by atoms with Gasteiger partial charge in [0.15, 0.2) is 5.16 Å². The molecule has 1 heterocycles. The Hall–Kier alpha value is -0.550. The first-order chi connectivity index (χ1) is 8.74. The SMILES string of the molecule is CCC1CCC(Sc2nnc(C)n2CCN)CC1. The Morgan fingerprint density at radius 3 is 2.61 bits per heavy atom. The predicted octanol–water partition coefficient (Wildman–Crippen LogP) is 2.61. The van der Waals surface area contributed by atoms with Crippen molar-refractivity contribution in [2.45, 2.75) is 62.9 Å². The third kappa shape index (κ3) is 3.26. The van der Waals surface area contributed by atoms with Crippen LogP contribution in [-0.2, 0) is 6.54 Å². The summed E-state index contributed by atoms with van der Waals surface area (Å²) in [5.74, 6) is 1.93. The largest absolute Gasteiger partial charge is 0.329 e. The van der Waals surface area contributed by atoms with Crippen LogP contribution < -0.4 is 5.73 Å². The number of thioether (sulfide) groups is 1. The van der Waals surface area contributed by atoms with Gasteiger partial charge in [0.2, 0.25) is 0 Å². The van der Waals surface area contributed by atoms with Gasteiger partial charge in [0.05, 0.1) is 0 Å². The topological polar surface area (TPSA) is 56.7 Å². The number of nitrogens with zero attached hydrogens (tertiary/aromatic N) is 3. The van der Waals surface area contributed by atoms with Crippen LogP contribution in [0.3, 0.4) is 0 Å². The van der Waals surface area contributed by atoms with Gasteiger partial charge >= 0.3 is 0 Å². The first-order valence-corrected chi connectivity index (χ1v) is 7.89.